The predicted octanol–water partition coefficient (Wildman–Crippen LogP) is 5.28. The lowest BCUT2D eigenvalue weighted by Crippen LogP contribution is -2.38. The molecule has 168 valence electrons. The molecule has 0 radical (unpaired) electrons. The topological polar surface area (TPSA) is 74.8 Å². The highest BCUT2D eigenvalue weighted by Crippen LogP contribution is 2.33. The van der Waals surface area contributed by atoms with Crippen LogP contribution in [0.3, 0.4) is 0 Å². The number of para-hydroxylation sites is 4. The molecule has 0 aliphatic carbocycles. The van der Waals surface area contributed by atoms with E-state index in [1.54, 1.807) is 121 Å². The van der Waals surface area contributed by atoms with Gasteiger partial charge in [-0.2, -0.15) is 0 Å². The second kappa shape index (κ2) is 9.48. The van der Waals surface area contributed by atoms with Crippen molar-refractivity contribution in [1.29, 1.82) is 0 Å². The molecule has 0 unspecified atom stereocenters. The summed E-state index contributed by atoms with van der Waals surface area (Å²) in [5.74, 6) is 0. The van der Waals surface area contributed by atoms with Crippen LogP contribution < -0.4 is 8.61 Å². The molecule has 0 saturated heterocycles. The standard InChI is InChI=1S/C25H22N2O4S2/c28-32(29,26(22-13-5-1-6-14-22)23-15-7-2-8-16-23)21-33(30,31)27(24-17-9-3-10-18-24)25-19-11-4-12-20-25/h1-20H,21H2. The Morgan fingerprint density at radius 1 is 0.394 bits per heavy atom. The van der Waals surface area contributed by atoms with Gasteiger partial charge in [0.2, 0.25) is 0 Å². The highest BCUT2D eigenvalue weighted by atomic mass is 32.3. The van der Waals surface area contributed by atoms with Crippen LogP contribution in [0.1, 0.15) is 0 Å². The Kier molecular flexibility index (Phi) is 6.48. The van der Waals surface area contributed by atoms with Crippen LogP contribution in [-0.2, 0) is 20.0 Å². The minimum absolute atomic E-state index is 0.352. The van der Waals surface area contributed by atoms with Crippen LogP contribution in [0.5, 0.6) is 0 Å². The molecular formula is C25H22N2O4S2. The van der Waals surface area contributed by atoms with Crippen LogP contribution in [0.4, 0.5) is 22.7 Å². The van der Waals surface area contributed by atoms with Crippen molar-refractivity contribution in [2.24, 2.45) is 0 Å². The zero-order chi connectivity index (χ0) is 23.3. The molecule has 4 rings (SSSR count). The first-order valence-corrected chi connectivity index (χ1v) is 13.4. The minimum atomic E-state index is -4.34. The maximum absolute atomic E-state index is 13.6. The molecule has 0 atom stereocenters. The molecule has 0 spiro atoms. The first-order valence-electron chi connectivity index (χ1n) is 10.1. The van der Waals surface area contributed by atoms with E-state index in [-0.39, 0.29) is 0 Å². The van der Waals surface area contributed by atoms with Crippen molar-refractivity contribution in [2.75, 3.05) is 13.7 Å². The highest BCUT2D eigenvalue weighted by molar-refractivity contribution is 8.09. The lowest BCUT2D eigenvalue weighted by molar-refractivity contribution is 0.589. The third-order valence-electron chi connectivity index (χ3n) is 4.82. The predicted molar refractivity (Wildman–Crippen MR) is 133 cm³/mol. The second-order valence-corrected chi connectivity index (χ2v) is 11.2. The second-order valence-electron chi connectivity index (χ2n) is 7.21. The average molecular weight is 479 g/mol. The van der Waals surface area contributed by atoms with E-state index in [4.69, 9.17) is 0 Å². The van der Waals surface area contributed by atoms with Gasteiger partial charge in [-0.25, -0.2) is 25.4 Å². The fraction of sp³-hybridized carbons (Fsp3) is 0.0400. The van der Waals surface area contributed by atoms with Crippen molar-refractivity contribution in [1.82, 2.24) is 0 Å². The summed E-state index contributed by atoms with van der Waals surface area (Å²) in [7, 11) is -8.69. The minimum Gasteiger partial charge on any atom is -0.238 e. The Bertz CT molecular complexity index is 1210. The Hall–Kier alpha value is -3.62. The molecule has 0 saturated carbocycles. The number of sulfonamides is 2. The number of anilines is 4. The number of rotatable bonds is 8. The van der Waals surface area contributed by atoms with E-state index in [1.807, 2.05) is 0 Å². The van der Waals surface area contributed by atoms with Gasteiger partial charge in [0.25, 0.3) is 20.0 Å². The summed E-state index contributed by atoms with van der Waals surface area (Å²) in [6, 6.07) is 33.7. The average Bonchev–Trinajstić information content (AvgIpc) is 2.81. The first-order chi connectivity index (χ1) is 15.9. The number of hydrogen-bond acceptors (Lipinski definition) is 4. The zero-order valence-corrected chi connectivity index (χ0v) is 19.2. The van der Waals surface area contributed by atoms with Crippen molar-refractivity contribution < 1.29 is 16.8 Å². The summed E-state index contributed by atoms with van der Waals surface area (Å²) in [5, 5.41) is -1.12. The van der Waals surface area contributed by atoms with Crippen LogP contribution in [-0.4, -0.2) is 21.9 Å². The molecule has 4 aromatic rings. The first kappa shape index (κ1) is 22.6. The maximum Gasteiger partial charge on any atom is 0.255 e. The Balaban J connectivity index is 1.80. The van der Waals surface area contributed by atoms with Crippen LogP contribution in [0.15, 0.2) is 121 Å². The summed E-state index contributed by atoms with van der Waals surface area (Å²) in [6.45, 7) is 0. The van der Waals surface area contributed by atoms with Gasteiger partial charge in [0.15, 0.2) is 5.08 Å². The van der Waals surface area contributed by atoms with Gasteiger partial charge >= 0.3 is 0 Å². The zero-order valence-electron chi connectivity index (χ0n) is 17.6. The van der Waals surface area contributed by atoms with Gasteiger partial charge in [0.05, 0.1) is 22.7 Å². The SMILES string of the molecule is O=S(=O)(CS(=O)(=O)N(c1ccccc1)c1ccccc1)N(c1ccccc1)c1ccccc1. The smallest absolute Gasteiger partial charge is 0.238 e. The number of benzene rings is 4. The van der Waals surface area contributed by atoms with Crippen molar-refractivity contribution in [3.63, 3.8) is 0 Å². The number of hydrogen-bond donors (Lipinski definition) is 0. The summed E-state index contributed by atoms with van der Waals surface area (Å²) in [6.07, 6.45) is 0. The van der Waals surface area contributed by atoms with E-state index in [0.717, 1.165) is 8.61 Å². The fourth-order valence-corrected chi connectivity index (χ4v) is 7.61. The van der Waals surface area contributed by atoms with Crippen molar-refractivity contribution in [2.45, 2.75) is 0 Å². The molecule has 0 amide bonds. The summed E-state index contributed by atoms with van der Waals surface area (Å²) in [4.78, 5) is 0. The Morgan fingerprint density at radius 3 is 0.818 bits per heavy atom. The molecule has 0 aromatic heterocycles. The van der Waals surface area contributed by atoms with Gasteiger partial charge < -0.3 is 0 Å². The van der Waals surface area contributed by atoms with Gasteiger partial charge in [0, 0.05) is 0 Å². The molecule has 0 aliphatic rings. The van der Waals surface area contributed by atoms with Gasteiger partial charge in [-0.05, 0) is 48.5 Å². The molecular weight excluding hydrogens is 456 g/mol. The third kappa shape index (κ3) is 5.08. The van der Waals surface area contributed by atoms with E-state index in [1.165, 1.54) is 0 Å². The fourth-order valence-electron chi connectivity index (χ4n) is 3.49. The molecule has 8 heteroatoms. The molecule has 4 aromatic carbocycles. The van der Waals surface area contributed by atoms with E-state index in [2.05, 4.69) is 0 Å². The van der Waals surface area contributed by atoms with Crippen LogP contribution in [0.2, 0.25) is 0 Å². The van der Waals surface area contributed by atoms with Crippen LogP contribution >= 0.6 is 0 Å². The van der Waals surface area contributed by atoms with Crippen molar-refractivity contribution in [3.8, 4) is 0 Å². The monoisotopic (exact) mass is 478 g/mol. The van der Waals surface area contributed by atoms with E-state index in [0.29, 0.717) is 22.7 Å². The molecule has 33 heavy (non-hydrogen) atoms. The molecule has 0 bridgehead atoms. The largest absolute Gasteiger partial charge is 0.255 e. The van der Waals surface area contributed by atoms with Crippen LogP contribution in [0, 0.1) is 0 Å². The normalized spacial score (nSPS) is 11.6. The van der Waals surface area contributed by atoms with Gasteiger partial charge in [0.1, 0.15) is 0 Å². The molecule has 0 aliphatic heterocycles. The van der Waals surface area contributed by atoms with Gasteiger partial charge in [-0.1, -0.05) is 72.8 Å². The summed E-state index contributed by atoms with van der Waals surface area (Å²) < 4.78 is 56.7. The molecule has 0 N–H and O–H groups in total. The van der Waals surface area contributed by atoms with Gasteiger partial charge in [-0.3, -0.25) is 0 Å². The molecule has 0 heterocycles. The van der Waals surface area contributed by atoms with Crippen LogP contribution in [0.25, 0.3) is 0 Å². The lowest BCUT2D eigenvalue weighted by Gasteiger charge is -2.28. The van der Waals surface area contributed by atoms with E-state index >= 15 is 0 Å². The van der Waals surface area contributed by atoms with E-state index in [9.17, 15) is 16.8 Å². The molecule has 0 fully saturated rings. The summed E-state index contributed by atoms with van der Waals surface area (Å²) in [5.41, 5.74) is 1.41. The third-order valence-corrected chi connectivity index (χ3v) is 9.16. The number of nitrogens with zero attached hydrogens (tertiary/aromatic N) is 2. The quantitative estimate of drug-likeness (QED) is 0.345. The van der Waals surface area contributed by atoms with Gasteiger partial charge in [-0.15, -0.1) is 0 Å². The lowest BCUT2D eigenvalue weighted by atomic mass is 10.3. The Labute approximate surface area is 194 Å². The molecule has 6 nitrogen and oxygen atoms in total. The Morgan fingerprint density at radius 2 is 0.606 bits per heavy atom. The highest BCUT2D eigenvalue weighted by Gasteiger charge is 2.35. The van der Waals surface area contributed by atoms with Crippen molar-refractivity contribution in [3.05, 3.63) is 121 Å². The van der Waals surface area contributed by atoms with E-state index < -0.39 is 25.1 Å². The summed E-state index contributed by atoms with van der Waals surface area (Å²) >= 11 is 0. The van der Waals surface area contributed by atoms with Crippen molar-refractivity contribution >= 4 is 42.8 Å². The maximum atomic E-state index is 13.6.